The molecule has 1 amide bonds. The molecule has 1 aromatic carbocycles. The molecule has 2 aromatic rings. The Labute approximate surface area is 111 Å². The SMILES string of the molecule is CCNC(=O)CCCCc1nc2ccccc2s1. The molecule has 96 valence electrons. The molecule has 1 aromatic heterocycles. The summed E-state index contributed by atoms with van der Waals surface area (Å²) in [6.45, 7) is 2.66. The zero-order valence-electron chi connectivity index (χ0n) is 10.6. The van der Waals surface area contributed by atoms with Gasteiger partial charge in [-0.3, -0.25) is 4.79 Å². The van der Waals surface area contributed by atoms with Crippen LogP contribution in [0.1, 0.15) is 31.2 Å². The van der Waals surface area contributed by atoms with Gasteiger partial charge in [-0.2, -0.15) is 0 Å². The van der Waals surface area contributed by atoms with E-state index in [0.717, 1.165) is 31.3 Å². The Bertz CT molecular complexity index is 488. The molecule has 1 heterocycles. The summed E-state index contributed by atoms with van der Waals surface area (Å²) in [5, 5.41) is 3.99. The standard InChI is InChI=1S/C14H18N2OS/c1-2-15-13(17)9-5-6-10-14-16-11-7-3-4-8-12(11)18-14/h3-4,7-8H,2,5-6,9-10H2,1H3,(H,15,17). The van der Waals surface area contributed by atoms with Crippen LogP contribution in [-0.4, -0.2) is 17.4 Å². The third-order valence-corrected chi connectivity index (χ3v) is 3.85. The van der Waals surface area contributed by atoms with E-state index in [1.807, 2.05) is 25.1 Å². The molecule has 18 heavy (non-hydrogen) atoms. The van der Waals surface area contributed by atoms with Crippen molar-refractivity contribution in [2.45, 2.75) is 32.6 Å². The van der Waals surface area contributed by atoms with Crippen molar-refractivity contribution in [3.63, 3.8) is 0 Å². The van der Waals surface area contributed by atoms with Crippen LogP contribution in [0.5, 0.6) is 0 Å². The van der Waals surface area contributed by atoms with E-state index in [1.165, 1.54) is 9.71 Å². The normalized spacial score (nSPS) is 10.7. The van der Waals surface area contributed by atoms with Gasteiger partial charge >= 0.3 is 0 Å². The number of unbranched alkanes of at least 4 members (excludes halogenated alkanes) is 1. The highest BCUT2D eigenvalue weighted by Crippen LogP contribution is 2.22. The maximum absolute atomic E-state index is 11.3. The maximum atomic E-state index is 11.3. The molecular weight excluding hydrogens is 244 g/mol. The first-order chi connectivity index (χ1) is 8.79. The van der Waals surface area contributed by atoms with E-state index in [-0.39, 0.29) is 5.91 Å². The topological polar surface area (TPSA) is 42.0 Å². The van der Waals surface area contributed by atoms with E-state index in [0.29, 0.717) is 6.42 Å². The Morgan fingerprint density at radius 3 is 2.94 bits per heavy atom. The summed E-state index contributed by atoms with van der Waals surface area (Å²) in [6.07, 6.45) is 3.55. The van der Waals surface area contributed by atoms with Crippen LogP contribution < -0.4 is 5.32 Å². The number of aromatic nitrogens is 1. The summed E-state index contributed by atoms with van der Waals surface area (Å²) >= 11 is 1.75. The number of carbonyl (C=O) groups excluding carboxylic acids is 1. The molecule has 0 saturated carbocycles. The Hall–Kier alpha value is -1.42. The van der Waals surface area contributed by atoms with Crippen LogP contribution in [-0.2, 0) is 11.2 Å². The number of fused-ring (bicyclic) bond motifs is 1. The minimum Gasteiger partial charge on any atom is -0.356 e. The Kier molecular flexibility index (Phi) is 4.70. The van der Waals surface area contributed by atoms with Gasteiger partial charge in [-0.05, 0) is 38.3 Å². The van der Waals surface area contributed by atoms with E-state index in [2.05, 4.69) is 16.4 Å². The average molecular weight is 262 g/mol. The van der Waals surface area contributed by atoms with Crippen LogP contribution in [0.15, 0.2) is 24.3 Å². The lowest BCUT2D eigenvalue weighted by Crippen LogP contribution is -2.22. The van der Waals surface area contributed by atoms with Gasteiger partial charge in [-0.1, -0.05) is 12.1 Å². The molecule has 3 nitrogen and oxygen atoms in total. The largest absolute Gasteiger partial charge is 0.356 e. The summed E-state index contributed by atoms with van der Waals surface area (Å²) in [5.74, 6) is 0.154. The first-order valence-corrected chi connectivity index (χ1v) is 7.22. The van der Waals surface area contributed by atoms with Crippen molar-refractivity contribution in [3.8, 4) is 0 Å². The van der Waals surface area contributed by atoms with Gasteiger partial charge in [-0.25, -0.2) is 4.98 Å². The Balaban J connectivity index is 1.78. The van der Waals surface area contributed by atoms with Gasteiger partial charge in [0.2, 0.25) is 5.91 Å². The molecule has 2 rings (SSSR count). The highest BCUT2D eigenvalue weighted by molar-refractivity contribution is 7.18. The second-order valence-corrected chi connectivity index (χ2v) is 5.35. The molecule has 0 atom stereocenters. The van der Waals surface area contributed by atoms with E-state index in [9.17, 15) is 4.79 Å². The van der Waals surface area contributed by atoms with Crippen molar-refractivity contribution in [1.82, 2.24) is 10.3 Å². The van der Waals surface area contributed by atoms with Crippen molar-refractivity contribution >= 4 is 27.5 Å². The molecule has 0 aliphatic rings. The lowest BCUT2D eigenvalue weighted by Gasteiger charge is -2.00. The Morgan fingerprint density at radius 2 is 2.17 bits per heavy atom. The zero-order chi connectivity index (χ0) is 12.8. The summed E-state index contributed by atoms with van der Waals surface area (Å²) in [6, 6.07) is 8.20. The number of benzene rings is 1. The number of nitrogens with zero attached hydrogens (tertiary/aromatic N) is 1. The number of para-hydroxylation sites is 1. The van der Waals surface area contributed by atoms with Crippen LogP contribution in [0.4, 0.5) is 0 Å². The van der Waals surface area contributed by atoms with Crippen molar-refractivity contribution in [1.29, 1.82) is 0 Å². The van der Waals surface area contributed by atoms with Crippen LogP contribution in [0.25, 0.3) is 10.2 Å². The van der Waals surface area contributed by atoms with Crippen molar-refractivity contribution in [2.24, 2.45) is 0 Å². The van der Waals surface area contributed by atoms with E-state index in [4.69, 9.17) is 0 Å². The fraction of sp³-hybridized carbons (Fsp3) is 0.429. The molecule has 0 saturated heterocycles. The third-order valence-electron chi connectivity index (χ3n) is 2.76. The van der Waals surface area contributed by atoms with Crippen molar-refractivity contribution < 1.29 is 4.79 Å². The molecule has 0 bridgehead atoms. The Morgan fingerprint density at radius 1 is 1.33 bits per heavy atom. The van der Waals surface area contributed by atoms with Crippen LogP contribution in [0.2, 0.25) is 0 Å². The van der Waals surface area contributed by atoms with Crippen LogP contribution >= 0.6 is 11.3 Å². The van der Waals surface area contributed by atoms with Crippen LogP contribution in [0.3, 0.4) is 0 Å². The minimum atomic E-state index is 0.154. The summed E-state index contributed by atoms with van der Waals surface area (Å²) < 4.78 is 1.25. The van der Waals surface area contributed by atoms with Crippen molar-refractivity contribution in [3.05, 3.63) is 29.3 Å². The van der Waals surface area contributed by atoms with Gasteiger partial charge in [0.15, 0.2) is 0 Å². The molecule has 0 spiro atoms. The fourth-order valence-electron chi connectivity index (χ4n) is 1.87. The second-order valence-electron chi connectivity index (χ2n) is 4.24. The second kappa shape index (κ2) is 6.50. The highest BCUT2D eigenvalue weighted by atomic mass is 32.1. The van der Waals surface area contributed by atoms with Gasteiger partial charge in [-0.15, -0.1) is 11.3 Å². The van der Waals surface area contributed by atoms with Crippen LogP contribution in [0, 0.1) is 0 Å². The first-order valence-electron chi connectivity index (χ1n) is 6.40. The van der Waals surface area contributed by atoms with Gasteiger partial charge in [0, 0.05) is 13.0 Å². The number of thiazole rings is 1. The number of nitrogens with one attached hydrogen (secondary N) is 1. The summed E-state index contributed by atoms with van der Waals surface area (Å²) in [5.41, 5.74) is 1.08. The number of hydrogen-bond acceptors (Lipinski definition) is 3. The number of aryl methyl sites for hydroxylation is 1. The molecule has 0 fully saturated rings. The lowest BCUT2D eigenvalue weighted by molar-refractivity contribution is -0.121. The molecule has 4 heteroatoms. The van der Waals surface area contributed by atoms with Gasteiger partial charge in [0.05, 0.1) is 15.2 Å². The quantitative estimate of drug-likeness (QED) is 0.813. The highest BCUT2D eigenvalue weighted by Gasteiger charge is 2.04. The number of hydrogen-bond donors (Lipinski definition) is 1. The molecule has 0 aliphatic heterocycles. The predicted octanol–water partition coefficient (Wildman–Crippen LogP) is 3.15. The fourth-order valence-corrected chi connectivity index (χ4v) is 2.88. The maximum Gasteiger partial charge on any atom is 0.219 e. The van der Waals surface area contributed by atoms with Gasteiger partial charge in [0.1, 0.15) is 0 Å². The smallest absolute Gasteiger partial charge is 0.219 e. The molecule has 0 radical (unpaired) electrons. The average Bonchev–Trinajstić information content (AvgIpc) is 2.77. The predicted molar refractivity (Wildman–Crippen MR) is 75.9 cm³/mol. The van der Waals surface area contributed by atoms with Gasteiger partial charge in [0.25, 0.3) is 0 Å². The zero-order valence-corrected chi connectivity index (χ0v) is 11.4. The van der Waals surface area contributed by atoms with E-state index >= 15 is 0 Å². The lowest BCUT2D eigenvalue weighted by atomic mass is 10.2. The number of rotatable bonds is 6. The number of carbonyl (C=O) groups is 1. The minimum absolute atomic E-state index is 0.154. The third kappa shape index (κ3) is 3.53. The molecule has 0 aliphatic carbocycles. The van der Waals surface area contributed by atoms with Crippen molar-refractivity contribution in [2.75, 3.05) is 6.54 Å². The molecule has 0 unspecified atom stereocenters. The summed E-state index contributed by atoms with van der Waals surface area (Å²) in [7, 11) is 0. The molecule has 1 N–H and O–H groups in total. The van der Waals surface area contributed by atoms with E-state index < -0.39 is 0 Å². The monoisotopic (exact) mass is 262 g/mol. The van der Waals surface area contributed by atoms with Gasteiger partial charge < -0.3 is 5.32 Å². The summed E-state index contributed by atoms with van der Waals surface area (Å²) in [4.78, 5) is 15.9. The molecular formula is C14H18N2OS. The van der Waals surface area contributed by atoms with E-state index in [1.54, 1.807) is 11.3 Å². The number of amides is 1. The first kappa shape index (κ1) is 13.0.